The number of nitrogens with one attached hydrogen (secondary N) is 1. The van der Waals surface area contributed by atoms with Crippen LogP contribution in [-0.4, -0.2) is 25.8 Å². The molecule has 1 aromatic carbocycles. The summed E-state index contributed by atoms with van der Waals surface area (Å²) in [7, 11) is -2.91. The van der Waals surface area contributed by atoms with Crippen LogP contribution >= 0.6 is 0 Å². The van der Waals surface area contributed by atoms with Crippen molar-refractivity contribution < 1.29 is 13.2 Å². The first-order valence-electron chi connectivity index (χ1n) is 7.56. The van der Waals surface area contributed by atoms with E-state index in [1.54, 1.807) is 0 Å². The van der Waals surface area contributed by atoms with Crippen molar-refractivity contribution in [2.75, 3.05) is 11.5 Å². The lowest BCUT2D eigenvalue weighted by Crippen LogP contribution is -2.51. The Kier molecular flexibility index (Phi) is 3.78. The minimum absolute atomic E-state index is 0.0112. The SMILES string of the molecule is O=C(CC1CCS(=O)(=O)C1)NC1(c2ccccc2)CCC1. The molecule has 4 nitrogen and oxygen atoms in total. The molecule has 0 aromatic heterocycles. The Hall–Kier alpha value is -1.36. The van der Waals surface area contributed by atoms with Crippen molar-refractivity contribution in [1.82, 2.24) is 5.32 Å². The number of hydrogen-bond donors (Lipinski definition) is 1. The van der Waals surface area contributed by atoms with Gasteiger partial charge in [-0.3, -0.25) is 4.79 Å². The van der Waals surface area contributed by atoms with Gasteiger partial charge in [-0.1, -0.05) is 30.3 Å². The molecule has 1 aromatic rings. The van der Waals surface area contributed by atoms with Crippen molar-refractivity contribution in [3.05, 3.63) is 35.9 Å². The summed E-state index contributed by atoms with van der Waals surface area (Å²) < 4.78 is 22.9. The fraction of sp³-hybridized carbons (Fsp3) is 0.562. The summed E-state index contributed by atoms with van der Waals surface area (Å²) in [6.45, 7) is 0. The second kappa shape index (κ2) is 5.44. The van der Waals surface area contributed by atoms with E-state index >= 15 is 0 Å². The van der Waals surface area contributed by atoms with Crippen LogP contribution in [-0.2, 0) is 20.2 Å². The van der Waals surface area contributed by atoms with Crippen LogP contribution in [0.2, 0.25) is 0 Å². The van der Waals surface area contributed by atoms with Crippen molar-refractivity contribution in [2.45, 2.75) is 37.6 Å². The van der Waals surface area contributed by atoms with E-state index < -0.39 is 9.84 Å². The smallest absolute Gasteiger partial charge is 0.221 e. The van der Waals surface area contributed by atoms with Gasteiger partial charge in [0.2, 0.25) is 5.91 Å². The molecule has 2 aliphatic rings. The third-order valence-corrected chi connectivity index (χ3v) is 6.55. The van der Waals surface area contributed by atoms with Gasteiger partial charge >= 0.3 is 0 Å². The third kappa shape index (κ3) is 3.12. The monoisotopic (exact) mass is 307 g/mol. The molecule has 2 fully saturated rings. The molecule has 3 rings (SSSR count). The molecule has 1 heterocycles. The average molecular weight is 307 g/mol. The summed E-state index contributed by atoms with van der Waals surface area (Å²) in [5.41, 5.74) is 0.930. The first-order chi connectivity index (χ1) is 9.99. The Labute approximate surface area is 125 Å². The zero-order valence-corrected chi connectivity index (χ0v) is 12.9. The first kappa shape index (κ1) is 14.6. The van der Waals surface area contributed by atoms with Gasteiger partial charge in [0.15, 0.2) is 9.84 Å². The lowest BCUT2D eigenvalue weighted by atomic mass is 9.71. The Morgan fingerprint density at radius 3 is 2.48 bits per heavy atom. The summed E-state index contributed by atoms with van der Waals surface area (Å²) in [5, 5.41) is 3.17. The van der Waals surface area contributed by atoms with Crippen LogP contribution in [0.25, 0.3) is 0 Å². The molecule has 1 N–H and O–H groups in total. The number of carbonyl (C=O) groups excluding carboxylic acids is 1. The molecule has 5 heteroatoms. The van der Waals surface area contributed by atoms with E-state index in [4.69, 9.17) is 0 Å². The highest BCUT2D eigenvalue weighted by Crippen LogP contribution is 2.41. The Bertz CT molecular complexity index is 620. The summed E-state index contributed by atoms with van der Waals surface area (Å²) >= 11 is 0. The molecule has 0 spiro atoms. The van der Waals surface area contributed by atoms with Gasteiger partial charge in [-0.25, -0.2) is 8.42 Å². The van der Waals surface area contributed by atoms with Gasteiger partial charge in [-0.2, -0.15) is 0 Å². The van der Waals surface area contributed by atoms with E-state index in [-0.39, 0.29) is 28.9 Å². The summed E-state index contributed by atoms with van der Waals surface area (Å²) in [4.78, 5) is 12.3. The minimum Gasteiger partial charge on any atom is -0.347 e. The molecule has 1 saturated heterocycles. The maximum absolute atomic E-state index is 12.3. The van der Waals surface area contributed by atoms with Gasteiger partial charge in [0.25, 0.3) is 0 Å². The number of benzene rings is 1. The largest absolute Gasteiger partial charge is 0.347 e. The number of rotatable bonds is 4. The van der Waals surface area contributed by atoms with Gasteiger partial charge in [0.05, 0.1) is 17.0 Å². The number of amides is 1. The number of hydrogen-bond acceptors (Lipinski definition) is 3. The van der Waals surface area contributed by atoms with Crippen LogP contribution in [0.3, 0.4) is 0 Å². The lowest BCUT2D eigenvalue weighted by Gasteiger charge is -2.43. The molecule has 21 heavy (non-hydrogen) atoms. The molecule has 1 unspecified atom stereocenters. The van der Waals surface area contributed by atoms with E-state index in [2.05, 4.69) is 17.4 Å². The van der Waals surface area contributed by atoms with Crippen LogP contribution in [0.4, 0.5) is 0 Å². The molecule has 0 radical (unpaired) electrons. The van der Waals surface area contributed by atoms with E-state index in [0.29, 0.717) is 12.8 Å². The predicted molar refractivity (Wildman–Crippen MR) is 81.5 cm³/mol. The number of sulfone groups is 1. The van der Waals surface area contributed by atoms with Crippen LogP contribution in [0.5, 0.6) is 0 Å². The molecule has 1 aliphatic heterocycles. The van der Waals surface area contributed by atoms with Gasteiger partial charge in [-0.15, -0.1) is 0 Å². The Morgan fingerprint density at radius 1 is 1.24 bits per heavy atom. The lowest BCUT2D eigenvalue weighted by molar-refractivity contribution is -0.125. The number of carbonyl (C=O) groups is 1. The van der Waals surface area contributed by atoms with Crippen LogP contribution in [0, 0.1) is 5.92 Å². The van der Waals surface area contributed by atoms with Crippen molar-refractivity contribution in [3.63, 3.8) is 0 Å². The molecular weight excluding hydrogens is 286 g/mol. The van der Waals surface area contributed by atoms with Crippen molar-refractivity contribution in [1.29, 1.82) is 0 Å². The van der Waals surface area contributed by atoms with E-state index in [1.165, 1.54) is 0 Å². The van der Waals surface area contributed by atoms with Crippen molar-refractivity contribution in [3.8, 4) is 0 Å². The van der Waals surface area contributed by atoms with E-state index in [1.807, 2.05) is 18.2 Å². The Morgan fingerprint density at radius 2 is 1.95 bits per heavy atom. The fourth-order valence-corrected chi connectivity index (χ4v) is 5.25. The minimum atomic E-state index is -2.91. The predicted octanol–water partition coefficient (Wildman–Crippen LogP) is 2.01. The average Bonchev–Trinajstić information content (AvgIpc) is 2.74. The second-order valence-corrected chi connectivity index (χ2v) is 8.55. The molecule has 114 valence electrons. The molecule has 0 bridgehead atoms. The van der Waals surface area contributed by atoms with E-state index in [9.17, 15) is 13.2 Å². The van der Waals surface area contributed by atoms with Crippen LogP contribution in [0.15, 0.2) is 30.3 Å². The summed E-state index contributed by atoms with van der Waals surface area (Å²) in [5.74, 6) is 0.372. The van der Waals surface area contributed by atoms with Crippen LogP contribution in [0.1, 0.15) is 37.7 Å². The van der Waals surface area contributed by atoms with Crippen LogP contribution < -0.4 is 5.32 Å². The molecular formula is C16H21NO3S. The highest BCUT2D eigenvalue weighted by molar-refractivity contribution is 7.91. The zero-order valence-electron chi connectivity index (χ0n) is 12.0. The first-order valence-corrected chi connectivity index (χ1v) is 9.38. The van der Waals surface area contributed by atoms with Crippen molar-refractivity contribution >= 4 is 15.7 Å². The standard InChI is InChI=1S/C16H21NO3S/c18-15(11-13-7-10-21(19,20)12-13)17-16(8-4-9-16)14-5-2-1-3-6-14/h1-3,5-6,13H,4,7-12H2,(H,17,18). The van der Waals surface area contributed by atoms with E-state index in [0.717, 1.165) is 24.8 Å². The van der Waals surface area contributed by atoms with Gasteiger partial charge < -0.3 is 5.32 Å². The maximum atomic E-state index is 12.3. The van der Waals surface area contributed by atoms with Crippen molar-refractivity contribution in [2.24, 2.45) is 5.92 Å². The second-order valence-electron chi connectivity index (χ2n) is 6.32. The fourth-order valence-electron chi connectivity index (χ4n) is 3.39. The summed E-state index contributed by atoms with van der Waals surface area (Å²) in [6, 6.07) is 10.1. The zero-order chi connectivity index (χ0) is 14.9. The topological polar surface area (TPSA) is 63.2 Å². The summed E-state index contributed by atoms with van der Waals surface area (Å²) in [6.07, 6.45) is 3.99. The third-order valence-electron chi connectivity index (χ3n) is 4.71. The van der Waals surface area contributed by atoms with Gasteiger partial charge in [0, 0.05) is 6.42 Å². The highest BCUT2D eigenvalue weighted by atomic mass is 32.2. The van der Waals surface area contributed by atoms with Gasteiger partial charge in [0.1, 0.15) is 0 Å². The molecule has 1 amide bonds. The Balaban J connectivity index is 1.64. The highest BCUT2D eigenvalue weighted by Gasteiger charge is 2.40. The quantitative estimate of drug-likeness (QED) is 0.925. The molecule has 1 aliphatic carbocycles. The van der Waals surface area contributed by atoms with Gasteiger partial charge in [-0.05, 0) is 37.2 Å². The molecule has 1 atom stereocenters. The normalized spacial score (nSPS) is 26.0. The maximum Gasteiger partial charge on any atom is 0.221 e. The molecule has 1 saturated carbocycles.